The maximum Gasteiger partial charge on any atom is 0.0918 e. The van der Waals surface area contributed by atoms with E-state index in [1.165, 1.54) is 70.6 Å². The summed E-state index contributed by atoms with van der Waals surface area (Å²) in [5, 5.41) is 1.92. The summed E-state index contributed by atoms with van der Waals surface area (Å²) < 4.78 is 34.1. The van der Waals surface area contributed by atoms with Crippen LogP contribution in [0, 0.1) is 0 Å². The molecule has 0 aromatic heterocycles. The van der Waals surface area contributed by atoms with Gasteiger partial charge in [0.15, 0.2) is 0 Å². The third kappa shape index (κ3) is 33.9. The smallest absolute Gasteiger partial charge is 0.0918 e. The van der Waals surface area contributed by atoms with Gasteiger partial charge in [-0.05, 0) is 19.3 Å². The second kappa shape index (κ2) is 36.7. The predicted molar refractivity (Wildman–Crippen MR) is 164 cm³/mol. The highest BCUT2D eigenvalue weighted by Crippen LogP contribution is 2.05. The Balaban J connectivity index is 3.80. The Morgan fingerprint density at radius 3 is 1.02 bits per heavy atom. The molecule has 0 saturated heterocycles. The van der Waals surface area contributed by atoms with Crippen molar-refractivity contribution in [2.24, 2.45) is 0 Å². The SMILES string of the molecule is CCCCCCCCOCCOCCOCCN(CCOCCOCCCCCC)OCCOCCCCCC. The molecule has 0 spiro atoms. The number of ether oxygens (including phenoxy) is 6. The Labute approximate surface area is 248 Å². The molecule has 8 heteroatoms. The summed E-state index contributed by atoms with van der Waals surface area (Å²) in [6, 6.07) is 0. The molecule has 0 aliphatic rings. The molecule has 0 fully saturated rings. The second-order valence-corrected chi connectivity index (χ2v) is 10.3. The largest absolute Gasteiger partial charge is 0.379 e. The average molecular weight is 578 g/mol. The number of hydrogen-bond acceptors (Lipinski definition) is 8. The number of unbranched alkanes of at least 4 members (excludes halogenated alkanes) is 11. The molecule has 0 radical (unpaired) electrons. The van der Waals surface area contributed by atoms with Crippen LogP contribution in [0.3, 0.4) is 0 Å². The van der Waals surface area contributed by atoms with Crippen LogP contribution in [-0.4, -0.2) is 104 Å². The van der Waals surface area contributed by atoms with Crippen LogP contribution in [0.15, 0.2) is 0 Å². The molecule has 0 saturated carbocycles. The molecule has 0 aromatic carbocycles. The topological polar surface area (TPSA) is 67.9 Å². The van der Waals surface area contributed by atoms with Crippen LogP contribution in [0.25, 0.3) is 0 Å². The van der Waals surface area contributed by atoms with Crippen molar-refractivity contribution in [2.45, 2.75) is 111 Å². The molecular formula is C32H67NO7. The van der Waals surface area contributed by atoms with E-state index in [1.54, 1.807) is 0 Å². The monoisotopic (exact) mass is 577 g/mol. The first kappa shape index (κ1) is 39.7. The van der Waals surface area contributed by atoms with Crippen LogP contribution in [0.5, 0.6) is 0 Å². The van der Waals surface area contributed by atoms with Crippen LogP contribution < -0.4 is 0 Å². The summed E-state index contributed by atoms with van der Waals surface area (Å²) >= 11 is 0. The fourth-order valence-corrected chi connectivity index (χ4v) is 4.01. The first-order chi connectivity index (χ1) is 19.8. The molecule has 0 rings (SSSR count). The second-order valence-electron chi connectivity index (χ2n) is 10.3. The fraction of sp³-hybridized carbons (Fsp3) is 1.00. The zero-order valence-electron chi connectivity index (χ0n) is 26.8. The van der Waals surface area contributed by atoms with Gasteiger partial charge in [0.2, 0.25) is 0 Å². The van der Waals surface area contributed by atoms with Gasteiger partial charge in [-0.15, -0.1) is 0 Å². The van der Waals surface area contributed by atoms with Crippen molar-refractivity contribution in [3.05, 3.63) is 0 Å². The van der Waals surface area contributed by atoms with Crippen molar-refractivity contribution in [2.75, 3.05) is 99.0 Å². The lowest BCUT2D eigenvalue weighted by atomic mass is 10.1. The van der Waals surface area contributed by atoms with Gasteiger partial charge in [-0.3, -0.25) is 4.84 Å². The lowest BCUT2D eigenvalue weighted by molar-refractivity contribution is -0.183. The van der Waals surface area contributed by atoms with Gasteiger partial charge in [0.1, 0.15) is 0 Å². The molecule has 0 unspecified atom stereocenters. The van der Waals surface area contributed by atoms with E-state index in [0.29, 0.717) is 79.2 Å². The molecule has 0 aromatic rings. The molecule has 242 valence electrons. The first-order valence-corrected chi connectivity index (χ1v) is 16.7. The Hall–Kier alpha value is -0.320. The van der Waals surface area contributed by atoms with E-state index in [9.17, 15) is 0 Å². The predicted octanol–water partition coefficient (Wildman–Crippen LogP) is 6.84. The quantitative estimate of drug-likeness (QED) is 0.0592. The Morgan fingerprint density at radius 2 is 0.600 bits per heavy atom. The van der Waals surface area contributed by atoms with E-state index >= 15 is 0 Å². The van der Waals surface area contributed by atoms with Gasteiger partial charge < -0.3 is 28.4 Å². The van der Waals surface area contributed by atoms with E-state index in [0.717, 1.165) is 39.1 Å². The minimum absolute atomic E-state index is 0.538. The number of nitrogens with zero attached hydrogens (tertiary/aromatic N) is 1. The van der Waals surface area contributed by atoms with Crippen molar-refractivity contribution in [1.29, 1.82) is 0 Å². The zero-order valence-corrected chi connectivity index (χ0v) is 26.8. The van der Waals surface area contributed by atoms with Gasteiger partial charge in [0, 0.05) is 32.9 Å². The van der Waals surface area contributed by atoms with Crippen LogP contribution in [0.1, 0.15) is 111 Å². The molecule has 0 aliphatic carbocycles. The molecule has 40 heavy (non-hydrogen) atoms. The van der Waals surface area contributed by atoms with Gasteiger partial charge in [-0.1, -0.05) is 91.4 Å². The molecule has 0 bridgehead atoms. The van der Waals surface area contributed by atoms with E-state index in [1.807, 2.05) is 5.06 Å². The average Bonchev–Trinajstić information content (AvgIpc) is 2.97. The summed E-state index contributed by atoms with van der Waals surface area (Å²) in [6.45, 7) is 16.5. The summed E-state index contributed by atoms with van der Waals surface area (Å²) in [6.07, 6.45) is 17.5. The number of rotatable bonds is 36. The van der Waals surface area contributed by atoms with E-state index in [2.05, 4.69) is 20.8 Å². The van der Waals surface area contributed by atoms with Crippen molar-refractivity contribution in [3.63, 3.8) is 0 Å². The third-order valence-corrected chi connectivity index (χ3v) is 6.51. The Morgan fingerprint density at radius 1 is 0.300 bits per heavy atom. The Kier molecular flexibility index (Phi) is 36.4. The summed E-state index contributed by atoms with van der Waals surface area (Å²) in [5.41, 5.74) is 0. The maximum atomic E-state index is 5.94. The number of hydrogen-bond donors (Lipinski definition) is 0. The van der Waals surface area contributed by atoms with Crippen LogP contribution in [-0.2, 0) is 33.3 Å². The lowest BCUT2D eigenvalue weighted by Gasteiger charge is -2.22. The van der Waals surface area contributed by atoms with Crippen molar-refractivity contribution >= 4 is 0 Å². The zero-order chi connectivity index (χ0) is 29.0. The van der Waals surface area contributed by atoms with Crippen LogP contribution in [0.2, 0.25) is 0 Å². The molecule has 0 N–H and O–H groups in total. The highest BCUT2D eigenvalue weighted by Gasteiger charge is 2.06. The van der Waals surface area contributed by atoms with Crippen LogP contribution >= 0.6 is 0 Å². The maximum absolute atomic E-state index is 5.94. The number of hydroxylamine groups is 2. The van der Waals surface area contributed by atoms with Crippen molar-refractivity contribution < 1.29 is 33.3 Å². The molecular weight excluding hydrogens is 510 g/mol. The van der Waals surface area contributed by atoms with Gasteiger partial charge >= 0.3 is 0 Å². The summed E-state index contributed by atoms with van der Waals surface area (Å²) in [7, 11) is 0. The van der Waals surface area contributed by atoms with Crippen molar-refractivity contribution in [3.8, 4) is 0 Å². The van der Waals surface area contributed by atoms with Gasteiger partial charge in [0.05, 0.1) is 66.1 Å². The minimum atomic E-state index is 0.538. The molecule has 0 aliphatic heterocycles. The molecule has 0 atom stereocenters. The van der Waals surface area contributed by atoms with E-state index in [4.69, 9.17) is 33.3 Å². The minimum Gasteiger partial charge on any atom is -0.379 e. The standard InChI is InChI=1S/C32H67NO7/c1-4-7-10-13-14-17-22-35-26-29-39-30-28-38-24-19-33(40-32-31-36-21-16-12-9-6-3)18-23-37-27-25-34-20-15-11-8-5-2/h4-32H2,1-3H3. The van der Waals surface area contributed by atoms with Crippen LogP contribution in [0.4, 0.5) is 0 Å². The van der Waals surface area contributed by atoms with Gasteiger partial charge in [-0.2, -0.15) is 5.06 Å². The molecule has 8 nitrogen and oxygen atoms in total. The summed E-state index contributed by atoms with van der Waals surface area (Å²) in [4.78, 5) is 5.94. The van der Waals surface area contributed by atoms with E-state index < -0.39 is 0 Å². The third-order valence-electron chi connectivity index (χ3n) is 6.51. The van der Waals surface area contributed by atoms with Crippen molar-refractivity contribution in [1.82, 2.24) is 5.06 Å². The van der Waals surface area contributed by atoms with Gasteiger partial charge in [0.25, 0.3) is 0 Å². The fourth-order valence-electron chi connectivity index (χ4n) is 4.01. The highest BCUT2D eigenvalue weighted by molar-refractivity contribution is 4.48. The highest BCUT2D eigenvalue weighted by atomic mass is 16.7. The van der Waals surface area contributed by atoms with Gasteiger partial charge in [-0.25, -0.2) is 0 Å². The molecule has 0 amide bonds. The molecule has 0 heterocycles. The van der Waals surface area contributed by atoms with E-state index in [-0.39, 0.29) is 0 Å². The Bertz CT molecular complexity index is 445. The first-order valence-electron chi connectivity index (χ1n) is 16.7. The lowest BCUT2D eigenvalue weighted by Crippen LogP contribution is -2.33. The normalized spacial score (nSPS) is 11.7. The summed E-state index contributed by atoms with van der Waals surface area (Å²) in [5.74, 6) is 0.